The molecular formula is C30H32I2N2O6S. The Morgan fingerprint density at radius 3 is 2.32 bits per heavy atom. The van der Waals surface area contributed by atoms with Crippen LogP contribution in [0.3, 0.4) is 0 Å². The number of thiazole rings is 1. The average Bonchev–Trinajstić information content (AvgIpc) is 3.19. The lowest BCUT2D eigenvalue weighted by atomic mass is 9.95. The molecule has 0 saturated carbocycles. The second-order valence-corrected chi connectivity index (χ2v) is 13.2. The van der Waals surface area contributed by atoms with E-state index >= 15 is 0 Å². The van der Waals surface area contributed by atoms with Crippen LogP contribution < -0.4 is 29.1 Å². The van der Waals surface area contributed by atoms with Crippen LogP contribution in [-0.4, -0.2) is 36.5 Å². The summed E-state index contributed by atoms with van der Waals surface area (Å²) in [6.45, 7) is 11.6. The third-order valence-electron chi connectivity index (χ3n) is 6.06. The maximum Gasteiger partial charge on any atom is 0.338 e. The molecule has 0 N–H and O–H groups in total. The molecule has 0 radical (unpaired) electrons. The molecular weight excluding hydrogens is 770 g/mol. The first-order valence-electron chi connectivity index (χ1n) is 13.1. The Kier molecular flexibility index (Phi) is 10.2. The second-order valence-electron chi connectivity index (χ2n) is 9.86. The van der Waals surface area contributed by atoms with E-state index in [4.69, 9.17) is 18.9 Å². The van der Waals surface area contributed by atoms with Gasteiger partial charge < -0.3 is 18.9 Å². The zero-order valence-corrected chi connectivity index (χ0v) is 29.0. The molecule has 2 heterocycles. The standard InChI is InChI=1S/C30H32I2N2O6S/c1-8-38-29(36)25-17(6)33-30-34(26(25)19-9-10-22(39-15(2)3)23(14-19)37-7)28(35)24(41-30)13-18-11-20(31)27(21(32)12-18)40-16(4)5/h9-16,26H,8H2,1-7H3/b24-13+/t26-/m0/s1. The molecule has 218 valence electrons. The van der Waals surface area contributed by atoms with Crippen molar-refractivity contribution in [3.8, 4) is 17.2 Å². The Morgan fingerprint density at radius 2 is 1.73 bits per heavy atom. The van der Waals surface area contributed by atoms with Crippen molar-refractivity contribution < 1.29 is 23.7 Å². The molecule has 0 spiro atoms. The topological polar surface area (TPSA) is 88.4 Å². The minimum atomic E-state index is -0.753. The van der Waals surface area contributed by atoms with Crippen LogP contribution in [0.4, 0.5) is 0 Å². The highest BCUT2D eigenvalue weighted by Gasteiger charge is 2.34. The number of fused-ring (bicyclic) bond motifs is 1. The summed E-state index contributed by atoms with van der Waals surface area (Å²) >= 11 is 5.79. The smallest absolute Gasteiger partial charge is 0.338 e. The summed E-state index contributed by atoms with van der Waals surface area (Å²) in [5, 5.41) is 0. The van der Waals surface area contributed by atoms with Crippen LogP contribution >= 0.6 is 56.5 Å². The Morgan fingerprint density at radius 1 is 1.07 bits per heavy atom. The first kappa shape index (κ1) is 31.5. The van der Waals surface area contributed by atoms with Gasteiger partial charge in [-0.05, 0) is 128 Å². The maximum atomic E-state index is 14.0. The van der Waals surface area contributed by atoms with Crippen molar-refractivity contribution in [2.75, 3.05) is 13.7 Å². The van der Waals surface area contributed by atoms with Gasteiger partial charge in [0.15, 0.2) is 16.3 Å². The molecule has 1 aromatic heterocycles. The van der Waals surface area contributed by atoms with Gasteiger partial charge in [0.2, 0.25) is 0 Å². The minimum absolute atomic E-state index is 0.0491. The summed E-state index contributed by atoms with van der Waals surface area (Å²) in [4.78, 5) is 32.4. The monoisotopic (exact) mass is 802 g/mol. The quantitative estimate of drug-likeness (QED) is 0.207. The lowest BCUT2D eigenvalue weighted by Gasteiger charge is -2.25. The van der Waals surface area contributed by atoms with Crippen LogP contribution in [0, 0.1) is 7.14 Å². The molecule has 41 heavy (non-hydrogen) atoms. The lowest BCUT2D eigenvalue weighted by molar-refractivity contribution is -0.139. The first-order valence-corrected chi connectivity index (χ1v) is 16.1. The van der Waals surface area contributed by atoms with E-state index in [1.165, 1.54) is 11.3 Å². The molecule has 0 bridgehead atoms. The van der Waals surface area contributed by atoms with Crippen molar-refractivity contribution >= 4 is 68.6 Å². The fourth-order valence-electron chi connectivity index (χ4n) is 4.47. The fourth-order valence-corrected chi connectivity index (χ4v) is 7.59. The normalized spacial score (nSPS) is 15.2. The Bertz CT molecular complexity index is 1670. The SMILES string of the molecule is CCOC(=O)C1=C(C)N=c2s/c(=C/c3cc(I)c(OC(C)C)c(I)c3)c(=O)n2[C@H]1c1ccc(OC(C)C)c(OC)c1. The van der Waals surface area contributed by atoms with Crippen LogP contribution in [0.15, 0.2) is 51.4 Å². The first-order chi connectivity index (χ1) is 19.4. The highest BCUT2D eigenvalue weighted by atomic mass is 127. The number of benzene rings is 2. The van der Waals surface area contributed by atoms with Gasteiger partial charge in [0.1, 0.15) is 5.75 Å². The molecule has 1 aliphatic heterocycles. The van der Waals surface area contributed by atoms with Gasteiger partial charge in [-0.1, -0.05) is 17.4 Å². The number of rotatable bonds is 9. The van der Waals surface area contributed by atoms with Gasteiger partial charge >= 0.3 is 5.97 Å². The Hall–Kier alpha value is -2.39. The lowest BCUT2D eigenvalue weighted by Crippen LogP contribution is -2.40. The number of nitrogens with zero attached hydrogens (tertiary/aromatic N) is 2. The minimum Gasteiger partial charge on any atom is -0.493 e. The number of hydrogen-bond acceptors (Lipinski definition) is 8. The van der Waals surface area contributed by atoms with E-state index in [0.29, 0.717) is 37.7 Å². The van der Waals surface area contributed by atoms with Gasteiger partial charge in [0, 0.05) is 0 Å². The molecule has 0 unspecified atom stereocenters. The molecule has 0 amide bonds. The van der Waals surface area contributed by atoms with Crippen LogP contribution in [0.5, 0.6) is 17.2 Å². The zero-order valence-electron chi connectivity index (χ0n) is 23.9. The number of allylic oxidation sites excluding steroid dienone is 1. The van der Waals surface area contributed by atoms with E-state index in [9.17, 15) is 9.59 Å². The molecule has 0 saturated heterocycles. The van der Waals surface area contributed by atoms with Gasteiger partial charge in [0.05, 0.1) is 54.9 Å². The van der Waals surface area contributed by atoms with Crippen molar-refractivity contribution in [3.05, 3.63) is 79.6 Å². The van der Waals surface area contributed by atoms with Crippen LogP contribution in [-0.2, 0) is 9.53 Å². The molecule has 11 heteroatoms. The van der Waals surface area contributed by atoms with Crippen molar-refractivity contribution in [2.24, 2.45) is 4.99 Å². The predicted octanol–water partition coefficient (Wildman–Crippen LogP) is 5.59. The number of ether oxygens (including phenoxy) is 4. The van der Waals surface area contributed by atoms with Crippen molar-refractivity contribution in [3.63, 3.8) is 0 Å². The number of esters is 1. The summed E-state index contributed by atoms with van der Waals surface area (Å²) in [6.07, 6.45) is 1.85. The number of hydrogen-bond donors (Lipinski definition) is 0. The fraction of sp³-hybridized carbons (Fsp3) is 0.367. The number of aromatic nitrogens is 1. The summed E-state index contributed by atoms with van der Waals surface area (Å²) < 4.78 is 26.9. The van der Waals surface area contributed by atoms with Crippen LogP contribution in [0.1, 0.15) is 58.7 Å². The van der Waals surface area contributed by atoms with Crippen LogP contribution in [0.25, 0.3) is 6.08 Å². The molecule has 0 aliphatic carbocycles. The van der Waals surface area contributed by atoms with Crippen molar-refractivity contribution in [2.45, 2.75) is 59.8 Å². The van der Waals surface area contributed by atoms with E-state index < -0.39 is 12.0 Å². The molecule has 0 fully saturated rings. The molecule has 8 nitrogen and oxygen atoms in total. The van der Waals surface area contributed by atoms with Crippen molar-refractivity contribution in [1.82, 2.24) is 4.57 Å². The van der Waals surface area contributed by atoms with E-state index in [1.807, 2.05) is 52.0 Å². The predicted molar refractivity (Wildman–Crippen MR) is 177 cm³/mol. The molecule has 2 aromatic carbocycles. The average molecular weight is 802 g/mol. The summed E-state index contributed by atoms with van der Waals surface area (Å²) in [7, 11) is 1.56. The third kappa shape index (κ3) is 6.82. The maximum absolute atomic E-state index is 14.0. The van der Waals surface area contributed by atoms with Crippen LogP contribution in [0.2, 0.25) is 0 Å². The highest BCUT2D eigenvalue weighted by Crippen LogP contribution is 2.36. The summed E-state index contributed by atoms with van der Waals surface area (Å²) in [5.41, 5.74) is 2.12. The number of carbonyl (C=O) groups excluding carboxylic acids is 1. The number of carbonyl (C=O) groups is 1. The zero-order chi connectivity index (χ0) is 30.0. The molecule has 3 aromatic rings. The molecule has 4 rings (SSSR count). The van der Waals surface area contributed by atoms with Gasteiger partial charge in [-0.3, -0.25) is 9.36 Å². The van der Waals surface area contributed by atoms with E-state index in [0.717, 1.165) is 18.5 Å². The molecule has 1 atom stereocenters. The van der Waals surface area contributed by atoms with E-state index in [1.54, 1.807) is 37.7 Å². The van der Waals surface area contributed by atoms with Gasteiger partial charge in [-0.25, -0.2) is 9.79 Å². The number of halogens is 2. The summed E-state index contributed by atoms with van der Waals surface area (Å²) in [5.74, 6) is 1.39. The van der Waals surface area contributed by atoms with Gasteiger partial charge in [-0.2, -0.15) is 0 Å². The number of methoxy groups -OCH3 is 1. The highest BCUT2D eigenvalue weighted by molar-refractivity contribution is 14.1. The largest absolute Gasteiger partial charge is 0.493 e. The van der Waals surface area contributed by atoms with E-state index in [-0.39, 0.29) is 24.4 Å². The van der Waals surface area contributed by atoms with Gasteiger partial charge in [-0.15, -0.1) is 0 Å². The third-order valence-corrected chi connectivity index (χ3v) is 8.64. The summed E-state index contributed by atoms with van der Waals surface area (Å²) in [6, 6.07) is 8.67. The van der Waals surface area contributed by atoms with Crippen molar-refractivity contribution in [1.29, 1.82) is 0 Å². The second kappa shape index (κ2) is 13.3. The van der Waals surface area contributed by atoms with E-state index in [2.05, 4.69) is 50.2 Å². The molecule has 1 aliphatic rings. The Balaban J connectivity index is 1.91. The van der Waals surface area contributed by atoms with Gasteiger partial charge in [0.25, 0.3) is 5.56 Å². The Labute approximate surface area is 270 Å².